The Hall–Kier alpha value is -1.56. The Balaban J connectivity index is 2.30. The Morgan fingerprint density at radius 2 is 2.07 bits per heavy atom. The molecule has 15 heavy (non-hydrogen) atoms. The van der Waals surface area contributed by atoms with E-state index in [0.717, 1.165) is 16.6 Å². The van der Waals surface area contributed by atoms with Gasteiger partial charge in [0.05, 0.1) is 11.0 Å². The number of hydrogen-bond acceptors (Lipinski definition) is 2. The third-order valence-electron chi connectivity index (χ3n) is 2.01. The van der Waals surface area contributed by atoms with Crippen LogP contribution in [-0.4, -0.2) is 14.8 Å². The number of aromatic amines is 2. The van der Waals surface area contributed by atoms with E-state index in [4.69, 9.17) is 0 Å². The molecule has 0 aliphatic carbocycles. The third kappa shape index (κ3) is 2.27. The summed E-state index contributed by atoms with van der Waals surface area (Å²) in [6.07, 6.45) is 0. The molecule has 0 saturated heterocycles. The highest BCUT2D eigenvalue weighted by Gasteiger charge is 2.00. The molecular weight excluding hydrogens is 262 g/mol. The van der Waals surface area contributed by atoms with Crippen molar-refractivity contribution in [1.29, 1.82) is 0 Å². The number of rotatable bonds is 2. The average molecular weight is 270 g/mol. The van der Waals surface area contributed by atoms with Crippen LogP contribution in [0.1, 0.15) is 5.56 Å². The second-order valence-corrected chi connectivity index (χ2v) is 3.81. The fourth-order valence-corrected chi connectivity index (χ4v) is 1.50. The van der Waals surface area contributed by atoms with Crippen LogP contribution < -0.4 is 11.0 Å². The second-order valence-electron chi connectivity index (χ2n) is 3.09. The SMILES string of the molecule is O=C(Br)NCc1ccc2[nH]c(=O)[nH]c2c1. The van der Waals surface area contributed by atoms with E-state index in [-0.39, 0.29) is 10.5 Å². The molecule has 6 heteroatoms. The molecule has 3 N–H and O–H groups in total. The summed E-state index contributed by atoms with van der Waals surface area (Å²) >= 11 is 2.77. The molecule has 0 fully saturated rings. The topological polar surface area (TPSA) is 77.8 Å². The van der Waals surface area contributed by atoms with Crippen molar-refractivity contribution >= 4 is 31.8 Å². The van der Waals surface area contributed by atoms with Gasteiger partial charge in [-0.15, -0.1) is 0 Å². The number of benzene rings is 1. The highest BCUT2D eigenvalue weighted by Crippen LogP contribution is 2.09. The van der Waals surface area contributed by atoms with Crippen LogP contribution >= 0.6 is 15.9 Å². The lowest BCUT2D eigenvalue weighted by atomic mass is 10.2. The number of fused-ring (bicyclic) bond motifs is 1. The molecule has 0 aliphatic rings. The minimum absolute atomic E-state index is 0.230. The molecule has 0 radical (unpaired) electrons. The number of imidazole rings is 1. The molecule has 1 aromatic carbocycles. The molecule has 1 aromatic heterocycles. The number of nitrogens with one attached hydrogen (secondary N) is 3. The van der Waals surface area contributed by atoms with Crippen LogP contribution in [0.15, 0.2) is 23.0 Å². The molecule has 2 aromatic rings. The predicted molar refractivity (Wildman–Crippen MR) is 60.1 cm³/mol. The summed E-state index contributed by atoms with van der Waals surface area (Å²) in [6.45, 7) is 0.424. The first-order chi connectivity index (χ1) is 7.15. The second kappa shape index (κ2) is 3.90. The number of H-pyrrole nitrogens is 2. The lowest BCUT2D eigenvalue weighted by Crippen LogP contribution is -2.14. The van der Waals surface area contributed by atoms with Crippen molar-refractivity contribution in [2.75, 3.05) is 0 Å². The van der Waals surface area contributed by atoms with Crippen LogP contribution in [0.3, 0.4) is 0 Å². The Kier molecular flexibility index (Phi) is 2.59. The van der Waals surface area contributed by atoms with Crippen molar-refractivity contribution in [3.05, 3.63) is 34.2 Å². The zero-order chi connectivity index (χ0) is 10.8. The molecule has 5 nitrogen and oxygen atoms in total. The predicted octanol–water partition coefficient (Wildman–Crippen LogP) is 1.46. The Bertz CT molecular complexity index is 558. The molecule has 0 bridgehead atoms. The van der Waals surface area contributed by atoms with Crippen LogP contribution in [-0.2, 0) is 6.54 Å². The van der Waals surface area contributed by atoms with Crippen molar-refractivity contribution < 1.29 is 4.79 Å². The van der Waals surface area contributed by atoms with Gasteiger partial charge in [-0.2, -0.15) is 0 Å². The number of hydrogen-bond donors (Lipinski definition) is 3. The number of halogens is 1. The van der Waals surface area contributed by atoms with Crippen LogP contribution in [0.2, 0.25) is 0 Å². The van der Waals surface area contributed by atoms with Crippen LogP contribution in [0.4, 0.5) is 4.79 Å². The zero-order valence-corrected chi connectivity index (χ0v) is 9.22. The van der Waals surface area contributed by atoms with Crippen LogP contribution in [0.25, 0.3) is 11.0 Å². The third-order valence-corrected chi connectivity index (χ3v) is 2.29. The summed E-state index contributed by atoms with van der Waals surface area (Å²) in [5.41, 5.74) is 2.19. The number of amides is 1. The van der Waals surface area contributed by atoms with E-state index in [0.29, 0.717) is 6.54 Å². The maximum Gasteiger partial charge on any atom is 0.323 e. The summed E-state index contributed by atoms with van der Waals surface area (Å²) in [5.74, 6) is 0. The van der Waals surface area contributed by atoms with Crippen molar-refractivity contribution in [3.8, 4) is 0 Å². The summed E-state index contributed by atoms with van der Waals surface area (Å²) in [6, 6.07) is 5.45. The first kappa shape index (κ1) is 9.97. The van der Waals surface area contributed by atoms with Crippen molar-refractivity contribution in [2.45, 2.75) is 6.54 Å². The standard InChI is InChI=1S/C9H8BrN3O2/c10-8(14)11-4-5-1-2-6-7(3-5)13-9(15)12-6/h1-3H,4H2,(H,11,14)(H2,12,13,15). The molecule has 0 spiro atoms. The first-order valence-electron chi connectivity index (χ1n) is 4.29. The van der Waals surface area contributed by atoms with Crippen LogP contribution in [0, 0.1) is 0 Å². The maximum atomic E-state index is 11.0. The average Bonchev–Trinajstić information content (AvgIpc) is 2.53. The van der Waals surface area contributed by atoms with Gasteiger partial charge >= 0.3 is 5.69 Å². The van der Waals surface area contributed by atoms with Crippen molar-refractivity contribution in [1.82, 2.24) is 15.3 Å². The molecule has 1 heterocycles. The van der Waals surface area contributed by atoms with Gasteiger partial charge in [-0.05, 0) is 17.7 Å². The highest BCUT2D eigenvalue weighted by atomic mass is 79.9. The molecule has 1 amide bonds. The highest BCUT2D eigenvalue weighted by molar-refractivity contribution is 9.18. The van der Waals surface area contributed by atoms with E-state index in [2.05, 4.69) is 31.2 Å². The molecule has 0 saturated carbocycles. The minimum atomic E-state index is -0.259. The van der Waals surface area contributed by atoms with E-state index in [9.17, 15) is 9.59 Å². The number of aromatic nitrogens is 2. The van der Waals surface area contributed by atoms with Crippen molar-refractivity contribution in [3.63, 3.8) is 0 Å². The summed E-state index contributed by atoms with van der Waals surface area (Å²) < 4.78 is 0. The monoisotopic (exact) mass is 269 g/mol. The van der Waals surface area contributed by atoms with E-state index in [1.165, 1.54) is 0 Å². The smallest absolute Gasteiger partial charge is 0.323 e. The fraction of sp³-hybridized carbons (Fsp3) is 0.111. The van der Waals surface area contributed by atoms with E-state index < -0.39 is 0 Å². The molecular formula is C9H8BrN3O2. The zero-order valence-electron chi connectivity index (χ0n) is 7.63. The van der Waals surface area contributed by atoms with Gasteiger partial charge in [0, 0.05) is 22.5 Å². The van der Waals surface area contributed by atoms with Gasteiger partial charge in [0.2, 0.25) is 0 Å². The summed E-state index contributed by atoms with van der Waals surface area (Å²) in [4.78, 5) is 26.6. The van der Waals surface area contributed by atoms with Gasteiger partial charge in [-0.1, -0.05) is 6.07 Å². The summed E-state index contributed by atoms with van der Waals surface area (Å²) in [7, 11) is 0. The Morgan fingerprint density at radius 3 is 2.80 bits per heavy atom. The normalized spacial score (nSPS) is 10.5. The maximum absolute atomic E-state index is 11.0. The number of carbonyl (C=O) groups excluding carboxylic acids is 1. The van der Waals surface area contributed by atoms with Crippen molar-refractivity contribution in [2.24, 2.45) is 0 Å². The first-order valence-corrected chi connectivity index (χ1v) is 5.09. The molecule has 2 rings (SSSR count). The van der Waals surface area contributed by atoms with Gasteiger partial charge in [0.1, 0.15) is 0 Å². The van der Waals surface area contributed by atoms with Gasteiger partial charge in [0.15, 0.2) is 0 Å². The van der Waals surface area contributed by atoms with Crippen LogP contribution in [0.5, 0.6) is 0 Å². The van der Waals surface area contributed by atoms with Gasteiger partial charge in [0.25, 0.3) is 4.82 Å². The van der Waals surface area contributed by atoms with Gasteiger partial charge in [-0.25, -0.2) is 4.79 Å². The Morgan fingerprint density at radius 1 is 1.33 bits per heavy atom. The van der Waals surface area contributed by atoms with E-state index in [1.807, 2.05) is 12.1 Å². The molecule has 78 valence electrons. The Labute approximate surface area is 93.0 Å². The quantitative estimate of drug-likeness (QED) is 0.570. The van der Waals surface area contributed by atoms with E-state index >= 15 is 0 Å². The van der Waals surface area contributed by atoms with E-state index in [1.54, 1.807) is 6.07 Å². The molecule has 0 aliphatic heterocycles. The van der Waals surface area contributed by atoms with Gasteiger partial charge < -0.3 is 15.3 Å². The fourth-order valence-electron chi connectivity index (χ4n) is 1.36. The number of carbonyl (C=O) groups is 1. The molecule has 0 atom stereocenters. The lowest BCUT2D eigenvalue weighted by molar-refractivity contribution is 0.261. The minimum Gasteiger partial charge on any atom is -0.343 e. The largest absolute Gasteiger partial charge is 0.343 e. The van der Waals surface area contributed by atoms with Gasteiger partial charge in [-0.3, -0.25) is 4.79 Å². The lowest BCUT2D eigenvalue weighted by Gasteiger charge is -2.00. The molecule has 0 unspecified atom stereocenters. The summed E-state index contributed by atoms with van der Waals surface area (Å²) in [5, 5.41) is 2.61.